The largest absolute Gasteiger partial charge is 0.252 e. The van der Waals surface area contributed by atoms with Crippen LogP contribution >= 0.6 is 11.3 Å². The number of rotatable bonds is 2. The van der Waals surface area contributed by atoms with E-state index in [1.54, 1.807) is 12.4 Å². The molecule has 2 heterocycles. The fourth-order valence-electron chi connectivity index (χ4n) is 5.63. The lowest BCUT2D eigenvalue weighted by atomic mass is 9.94. The summed E-state index contributed by atoms with van der Waals surface area (Å²) in [5.41, 5.74) is 6.81. The van der Waals surface area contributed by atoms with Gasteiger partial charge in [-0.15, -0.1) is 11.3 Å². The van der Waals surface area contributed by atoms with Crippen molar-refractivity contribution >= 4 is 64.1 Å². The summed E-state index contributed by atoms with van der Waals surface area (Å²) in [6.45, 7) is 0. The minimum atomic E-state index is 0.950. The van der Waals surface area contributed by atoms with Crippen molar-refractivity contribution in [3.05, 3.63) is 122 Å². The Morgan fingerprint density at radius 1 is 0.432 bits per heavy atom. The van der Waals surface area contributed by atoms with E-state index in [1.165, 1.54) is 53.2 Å². The smallest absolute Gasteiger partial charge is 0.0971 e. The molecule has 0 aliphatic rings. The first kappa shape index (κ1) is 20.6. The Balaban J connectivity index is 1.28. The zero-order chi connectivity index (χ0) is 24.3. The van der Waals surface area contributed by atoms with Gasteiger partial charge in [0.15, 0.2) is 0 Å². The first-order valence-electron chi connectivity index (χ1n) is 12.4. The van der Waals surface area contributed by atoms with Gasteiger partial charge >= 0.3 is 0 Å². The Kier molecular flexibility index (Phi) is 4.42. The number of aromatic nitrogens is 2. The van der Waals surface area contributed by atoms with Gasteiger partial charge in [0.1, 0.15) is 0 Å². The summed E-state index contributed by atoms with van der Waals surface area (Å²) in [5, 5.41) is 7.37. The monoisotopic (exact) mass is 488 g/mol. The van der Waals surface area contributed by atoms with Gasteiger partial charge in [-0.25, -0.2) is 0 Å². The summed E-state index contributed by atoms with van der Waals surface area (Å²) in [6, 6.07) is 39.5. The number of hydrogen-bond donors (Lipinski definition) is 0. The Hall–Kier alpha value is -4.60. The Bertz CT molecular complexity index is 2100. The van der Waals surface area contributed by atoms with E-state index in [0.29, 0.717) is 0 Å². The third-order valence-corrected chi connectivity index (χ3v) is 8.60. The molecule has 0 radical (unpaired) electrons. The Labute approximate surface area is 217 Å². The van der Waals surface area contributed by atoms with Gasteiger partial charge in [0, 0.05) is 43.3 Å². The van der Waals surface area contributed by atoms with Crippen molar-refractivity contribution < 1.29 is 0 Å². The van der Waals surface area contributed by atoms with E-state index in [0.717, 1.165) is 21.8 Å². The van der Waals surface area contributed by atoms with Crippen molar-refractivity contribution in [3.8, 4) is 22.3 Å². The molecule has 2 nitrogen and oxygen atoms in total. The summed E-state index contributed by atoms with van der Waals surface area (Å²) >= 11 is 1.87. The molecule has 0 saturated carbocycles. The van der Waals surface area contributed by atoms with Crippen LogP contribution in [0.2, 0.25) is 0 Å². The molecule has 6 aromatic carbocycles. The predicted molar refractivity (Wildman–Crippen MR) is 158 cm³/mol. The summed E-state index contributed by atoms with van der Waals surface area (Å²) in [7, 11) is 0. The molecular weight excluding hydrogens is 468 g/mol. The Morgan fingerprint density at radius 2 is 1.05 bits per heavy atom. The second kappa shape index (κ2) is 7.95. The number of hydrogen-bond acceptors (Lipinski definition) is 3. The third-order valence-electron chi connectivity index (χ3n) is 7.38. The molecule has 3 heteroatoms. The van der Waals surface area contributed by atoms with Crippen molar-refractivity contribution in [2.24, 2.45) is 0 Å². The average Bonchev–Trinajstić information content (AvgIpc) is 3.36. The fraction of sp³-hybridized carbons (Fsp3) is 0. The van der Waals surface area contributed by atoms with Crippen molar-refractivity contribution in [2.45, 2.75) is 0 Å². The van der Waals surface area contributed by atoms with E-state index < -0.39 is 0 Å². The molecule has 0 saturated heterocycles. The van der Waals surface area contributed by atoms with Crippen LogP contribution in [0.3, 0.4) is 0 Å². The fourth-order valence-corrected chi connectivity index (χ4v) is 6.87. The van der Waals surface area contributed by atoms with Gasteiger partial charge in [0.05, 0.1) is 11.0 Å². The van der Waals surface area contributed by atoms with Gasteiger partial charge in [0.25, 0.3) is 0 Å². The van der Waals surface area contributed by atoms with Gasteiger partial charge in [0.2, 0.25) is 0 Å². The molecule has 172 valence electrons. The molecule has 0 N–H and O–H groups in total. The SMILES string of the molecule is c1ccc2c(c1)sc1c(-c3ccc(-c4ccc5c6ccccc6c6nccnc6c5c4)cc3)cccc12. The van der Waals surface area contributed by atoms with Crippen LogP contribution in [-0.2, 0) is 0 Å². The molecule has 8 aromatic rings. The van der Waals surface area contributed by atoms with Crippen LogP contribution in [0.5, 0.6) is 0 Å². The average molecular weight is 489 g/mol. The highest BCUT2D eigenvalue weighted by Crippen LogP contribution is 2.40. The van der Waals surface area contributed by atoms with E-state index in [9.17, 15) is 0 Å². The first-order valence-corrected chi connectivity index (χ1v) is 13.2. The standard InChI is InChI=1S/C34H20N2S/c1-2-8-28-25(6-1)26-17-16-23(20-30(26)33-32(28)35-18-19-36-33)21-12-14-22(15-13-21)24-9-5-10-29-27-7-3-4-11-31(27)37-34(24)29/h1-20H. The van der Waals surface area contributed by atoms with Gasteiger partial charge < -0.3 is 0 Å². The van der Waals surface area contributed by atoms with Crippen LogP contribution in [0.25, 0.3) is 75.0 Å². The van der Waals surface area contributed by atoms with E-state index >= 15 is 0 Å². The van der Waals surface area contributed by atoms with Gasteiger partial charge in [-0.1, -0.05) is 97.1 Å². The molecule has 0 fully saturated rings. The van der Waals surface area contributed by atoms with Crippen LogP contribution in [0.4, 0.5) is 0 Å². The normalized spacial score (nSPS) is 11.8. The minimum Gasteiger partial charge on any atom is -0.252 e. The van der Waals surface area contributed by atoms with Crippen molar-refractivity contribution in [1.29, 1.82) is 0 Å². The molecule has 0 amide bonds. The highest BCUT2D eigenvalue weighted by atomic mass is 32.1. The maximum Gasteiger partial charge on any atom is 0.0971 e. The summed E-state index contributed by atoms with van der Waals surface area (Å²) in [4.78, 5) is 9.42. The molecule has 37 heavy (non-hydrogen) atoms. The predicted octanol–water partition coefficient (Wildman–Crippen LogP) is 9.64. The highest BCUT2D eigenvalue weighted by Gasteiger charge is 2.13. The van der Waals surface area contributed by atoms with E-state index in [-0.39, 0.29) is 0 Å². The van der Waals surface area contributed by atoms with Crippen LogP contribution in [0.15, 0.2) is 122 Å². The van der Waals surface area contributed by atoms with E-state index in [1.807, 2.05) is 11.3 Å². The second-order valence-corrected chi connectivity index (χ2v) is 10.5. The lowest BCUT2D eigenvalue weighted by Gasteiger charge is -2.11. The number of fused-ring (bicyclic) bond motifs is 9. The quantitative estimate of drug-likeness (QED) is 0.226. The zero-order valence-corrected chi connectivity index (χ0v) is 20.7. The molecule has 0 atom stereocenters. The van der Waals surface area contributed by atoms with E-state index in [4.69, 9.17) is 4.98 Å². The third kappa shape index (κ3) is 3.11. The lowest BCUT2D eigenvalue weighted by Crippen LogP contribution is -1.89. The second-order valence-electron chi connectivity index (χ2n) is 9.42. The molecule has 2 aromatic heterocycles. The summed E-state index contributed by atoms with van der Waals surface area (Å²) < 4.78 is 2.68. The van der Waals surface area contributed by atoms with Gasteiger partial charge in [-0.2, -0.15) is 0 Å². The first-order chi connectivity index (χ1) is 18.3. The van der Waals surface area contributed by atoms with E-state index in [2.05, 4.69) is 114 Å². The molecular formula is C34H20N2S. The van der Waals surface area contributed by atoms with Gasteiger partial charge in [-0.05, 0) is 45.2 Å². The molecule has 0 aliphatic heterocycles. The number of thiophene rings is 1. The summed E-state index contributed by atoms with van der Waals surface area (Å²) in [6.07, 6.45) is 3.56. The lowest BCUT2D eigenvalue weighted by molar-refractivity contribution is 1.31. The minimum absolute atomic E-state index is 0.950. The molecule has 8 rings (SSSR count). The van der Waals surface area contributed by atoms with Crippen molar-refractivity contribution in [3.63, 3.8) is 0 Å². The topological polar surface area (TPSA) is 25.8 Å². The van der Waals surface area contributed by atoms with Crippen LogP contribution in [0, 0.1) is 0 Å². The number of nitrogens with zero attached hydrogens (tertiary/aromatic N) is 2. The number of benzene rings is 6. The van der Waals surface area contributed by atoms with Crippen LogP contribution < -0.4 is 0 Å². The van der Waals surface area contributed by atoms with Crippen molar-refractivity contribution in [2.75, 3.05) is 0 Å². The summed E-state index contributed by atoms with van der Waals surface area (Å²) in [5.74, 6) is 0. The molecule has 0 aliphatic carbocycles. The molecule has 0 bridgehead atoms. The molecule has 0 spiro atoms. The Morgan fingerprint density at radius 3 is 1.89 bits per heavy atom. The van der Waals surface area contributed by atoms with Gasteiger partial charge in [-0.3, -0.25) is 9.97 Å². The zero-order valence-electron chi connectivity index (χ0n) is 19.8. The highest BCUT2D eigenvalue weighted by molar-refractivity contribution is 7.26. The maximum atomic E-state index is 4.73. The van der Waals surface area contributed by atoms with Crippen LogP contribution in [-0.4, -0.2) is 9.97 Å². The molecule has 0 unspecified atom stereocenters. The van der Waals surface area contributed by atoms with Crippen LogP contribution in [0.1, 0.15) is 0 Å². The van der Waals surface area contributed by atoms with Crippen molar-refractivity contribution in [1.82, 2.24) is 9.97 Å². The maximum absolute atomic E-state index is 4.73.